The number of rotatable bonds is 3. The van der Waals surface area contributed by atoms with E-state index in [1.165, 1.54) is 4.90 Å². The monoisotopic (exact) mass is 272 g/mol. The first-order valence-corrected chi connectivity index (χ1v) is 6.41. The van der Waals surface area contributed by atoms with Crippen LogP contribution in [0.1, 0.15) is 17.4 Å². The molecule has 0 radical (unpaired) electrons. The molecule has 3 rings (SSSR count). The van der Waals surface area contributed by atoms with E-state index in [0.717, 1.165) is 17.1 Å². The van der Waals surface area contributed by atoms with Crippen molar-refractivity contribution in [2.75, 3.05) is 23.9 Å². The molecule has 104 valence electrons. The fourth-order valence-corrected chi connectivity index (χ4v) is 2.45. The van der Waals surface area contributed by atoms with Gasteiger partial charge in [0, 0.05) is 25.3 Å². The molecule has 0 bridgehead atoms. The van der Waals surface area contributed by atoms with Crippen LogP contribution in [0.2, 0.25) is 0 Å². The number of anilines is 2. The van der Waals surface area contributed by atoms with Gasteiger partial charge in [0.1, 0.15) is 5.76 Å². The molecule has 0 aliphatic carbocycles. The third-order valence-electron chi connectivity index (χ3n) is 3.65. The lowest BCUT2D eigenvalue weighted by Gasteiger charge is -2.20. The minimum Gasteiger partial charge on any atom is -0.467 e. The van der Waals surface area contributed by atoms with Crippen molar-refractivity contribution in [3.63, 3.8) is 0 Å². The fraction of sp³-hybridized carbons (Fsp3) is 0.267. The Balaban J connectivity index is 1.88. The van der Waals surface area contributed by atoms with Gasteiger partial charge < -0.3 is 19.3 Å². The van der Waals surface area contributed by atoms with E-state index in [1.807, 2.05) is 36.2 Å². The molecule has 1 atom stereocenters. The van der Waals surface area contributed by atoms with Crippen molar-refractivity contribution in [1.29, 1.82) is 0 Å². The fourth-order valence-electron chi connectivity index (χ4n) is 2.45. The number of hydrogen-bond acceptors (Lipinski definition) is 4. The number of likely N-dealkylation sites (N-methyl/N-ethyl adjacent to an activating group) is 1. The molecule has 0 fully saturated rings. The van der Waals surface area contributed by atoms with E-state index in [1.54, 1.807) is 19.4 Å². The molecule has 2 aromatic rings. The molecule has 20 heavy (non-hydrogen) atoms. The van der Waals surface area contributed by atoms with Crippen LogP contribution in [0.5, 0.6) is 0 Å². The van der Waals surface area contributed by atoms with Crippen LogP contribution >= 0.6 is 0 Å². The molecule has 0 spiro atoms. The third-order valence-corrected chi connectivity index (χ3v) is 3.65. The van der Waals surface area contributed by atoms with E-state index >= 15 is 0 Å². The minimum atomic E-state index is -1.04. The summed E-state index contributed by atoms with van der Waals surface area (Å²) in [5.41, 5.74) is 2.38. The van der Waals surface area contributed by atoms with Crippen LogP contribution in [0.4, 0.5) is 11.4 Å². The van der Waals surface area contributed by atoms with Crippen LogP contribution in [0.25, 0.3) is 0 Å². The molecule has 5 nitrogen and oxygen atoms in total. The van der Waals surface area contributed by atoms with Gasteiger partial charge in [0.05, 0.1) is 18.5 Å². The Kier molecular flexibility index (Phi) is 2.99. The second-order valence-electron chi connectivity index (χ2n) is 4.98. The summed E-state index contributed by atoms with van der Waals surface area (Å²) in [5, 5.41) is 9.84. The van der Waals surface area contributed by atoms with Gasteiger partial charge in [-0.1, -0.05) is 6.07 Å². The van der Waals surface area contributed by atoms with Gasteiger partial charge in [0.2, 0.25) is 0 Å². The number of nitrogens with zero attached hydrogens (tertiary/aromatic N) is 2. The zero-order chi connectivity index (χ0) is 14.3. The summed E-state index contributed by atoms with van der Waals surface area (Å²) < 4.78 is 5.33. The lowest BCUT2D eigenvalue weighted by Crippen LogP contribution is -2.23. The van der Waals surface area contributed by atoms with Crippen molar-refractivity contribution in [2.24, 2.45) is 0 Å². The summed E-state index contributed by atoms with van der Waals surface area (Å²) in [4.78, 5) is 15.3. The van der Waals surface area contributed by atoms with Crippen molar-refractivity contribution in [2.45, 2.75) is 12.6 Å². The van der Waals surface area contributed by atoms with E-state index < -0.39 is 6.10 Å². The number of hydrogen-bond donors (Lipinski definition) is 1. The molecule has 1 unspecified atom stereocenters. The molecule has 1 aliphatic rings. The Morgan fingerprint density at radius 2 is 2.20 bits per heavy atom. The van der Waals surface area contributed by atoms with Crippen molar-refractivity contribution in [3.05, 3.63) is 47.9 Å². The highest BCUT2D eigenvalue weighted by Crippen LogP contribution is 2.37. The summed E-state index contributed by atoms with van der Waals surface area (Å²) >= 11 is 0. The van der Waals surface area contributed by atoms with Crippen LogP contribution in [-0.4, -0.2) is 25.1 Å². The number of fused-ring (bicyclic) bond motifs is 1. The first-order chi connectivity index (χ1) is 9.58. The summed E-state index contributed by atoms with van der Waals surface area (Å²) in [5.74, 6) is 0.586. The summed E-state index contributed by atoms with van der Waals surface area (Å²) in [6.07, 6.45) is 0.605. The van der Waals surface area contributed by atoms with E-state index in [4.69, 9.17) is 4.42 Å². The number of aliphatic hydroxyl groups excluding tert-OH is 1. The topological polar surface area (TPSA) is 56.9 Å². The smallest absolute Gasteiger partial charge is 0.260 e. The maximum absolute atomic E-state index is 11.7. The maximum atomic E-state index is 11.7. The van der Waals surface area contributed by atoms with Gasteiger partial charge in [-0.15, -0.1) is 0 Å². The van der Waals surface area contributed by atoms with Gasteiger partial charge in [0.25, 0.3) is 5.91 Å². The van der Waals surface area contributed by atoms with Crippen LogP contribution < -0.4 is 9.80 Å². The molecule has 1 aliphatic heterocycles. The minimum absolute atomic E-state index is 0.286. The summed E-state index contributed by atoms with van der Waals surface area (Å²) in [6.45, 7) is 0.645. The SMILES string of the molecule is CN(Cc1ccco1)c1ccc2c(c1)N(C)C(=O)C2O. The van der Waals surface area contributed by atoms with E-state index in [0.29, 0.717) is 12.1 Å². The number of aliphatic hydroxyl groups is 1. The lowest BCUT2D eigenvalue weighted by molar-refractivity contribution is -0.125. The number of carbonyl (C=O) groups excluding carboxylic acids is 1. The quantitative estimate of drug-likeness (QED) is 0.927. The summed E-state index contributed by atoms with van der Waals surface area (Å²) in [7, 11) is 3.63. The molecule has 1 N–H and O–H groups in total. The molecule has 0 saturated heterocycles. The Labute approximate surface area is 117 Å². The van der Waals surface area contributed by atoms with Crippen LogP contribution in [-0.2, 0) is 11.3 Å². The van der Waals surface area contributed by atoms with Gasteiger partial charge in [-0.3, -0.25) is 4.79 Å². The zero-order valence-corrected chi connectivity index (χ0v) is 11.4. The number of carbonyl (C=O) groups is 1. The zero-order valence-electron chi connectivity index (χ0n) is 11.4. The molecule has 2 heterocycles. The van der Waals surface area contributed by atoms with Crippen LogP contribution in [0, 0.1) is 0 Å². The van der Waals surface area contributed by atoms with Crippen LogP contribution in [0.15, 0.2) is 41.0 Å². The molecule has 5 heteroatoms. The average molecular weight is 272 g/mol. The predicted molar refractivity (Wildman–Crippen MR) is 75.6 cm³/mol. The molecule has 1 aromatic carbocycles. The molecular weight excluding hydrogens is 256 g/mol. The van der Waals surface area contributed by atoms with E-state index in [2.05, 4.69) is 0 Å². The Hall–Kier alpha value is -2.27. The second kappa shape index (κ2) is 4.68. The number of benzene rings is 1. The van der Waals surface area contributed by atoms with Gasteiger partial charge in [0.15, 0.2) is 6.10 Å². The third kappa shape index (κ3) is 1.96. The van der Waals surface area contributed by atoms with Crippen molar-refractivity contribution in [3.8, 4) is 0 Å². The van der Waals surface area contributed by atoms with Crippen molar-refractivity contribution in [1.82, 2.24) is 0 Å². The van der Waals surface area contributed by atoms with E-state index in [-0.39, 0.29) is 5.91 Å². The molecule has 1 aromatic heterocycles. The molecular formula is C15H16N2O3. The number of amides is 1. The average Bonchev–Trinajstić information content (AvgIpc) is 3.03. The van der Waals surface area contributed by atoms with Gasteiger partial charge in [-0.2, -0.15) is 0 Å². The highest BCUT2D eigenvalue weighted by atomic mass is 16.3. The first-order valence-electron chi connectivity index (χ1n) is 6.41. The predicted octanol–water partition coefficient (Wildman–Crippen LogP) is 1.93. The van der Waals surface area contributed by atoms with Gasteiger partial charge in [-0.05, 0) is 24.3 Å². The Bertz CT molecular complexity index is 637. The maximum Gasteiger partial charge on any atom is 0.260 e. The molecule has 0 saturated carbocycles. The normalized spacial score (nSPS) is 17.4. The highest BCUT2D eigenvalue weighted by Gasteiger charge is 2.33. The molecule has 1 amide bonds. The standard InChI is InChI=1S/C15H16N2O3/c1-16(9-11-4-3-7-20-11)10-5-6-12-13(8-10)17(2)15(19)14(12)18/h3-8,14,18H,9H2,1-2H3. The van der Waals surface area contributed by atoms with Gasteiger partial charge in [-0.25, -0.2) is 0 Å². The highest BCUT2D eigenvalue weighted by molar-refractivity contribution is 6.03. The summed E-state index contributed by atoms with van der Waals surface area (Å²) in [6, 6.07) is 9.39. The first kappa shape index (κ1) is 12.7. The second-order valence-corrected chi connectivity index (χ2v) is 4.98. The Morgan fingerprint density at radius 1 is 1.40 bits per heavy atom. The van der Waals surface area contributed by atoms with Crippen molar-refractivity contribution < 1.29 is 14.3 Å². The van der Waals surface area contributed by atoms with Gasteiger partial charge >= 0.3 is 0 Å². The Morgan fingerprint density at radius 3 is 2.90 bits per heavy atom. The van der Waals surface area contributed by atoms with E-state index in [9.17, 15) is 9.90 Å². The largest absolute Gasteiger partial charge is 0.467 e. The lowest BCUT2D eigenvalue weighted by atomic mass is 10.1. The number of furan rings is 1. The van der Waals surface area contributed by atoms with Crippen molar-refractivity contribution >= 4 is 17.3 Å². The van der Waals surface area contributed by atoms with Crippen LogP contribution in [0.3, 0.4) is 0 Å².